The van der Waals surface area contributed by atoms with Gasteiger partial charge in [-0.1, -0.05) is 0 Å². The van der Waals surface area contributed by atoms with E-state index in [0.29, 0.717) is 12.1 Å². The fourth-order valence-corrected chi connectivity index (χ4v) is 4.20. The highest BCUT2D eigenvalue weighted by molar-refractivity contribution is 7.89. The zero-order valence-corrected chi connectivity index (χ0v) is 11.2. The van der Waals surface area contributed by atoms with Gasteiger partial charge in [-0.2, -0.15) is 0 Å². The molecule has 0 radical (unpaired) electrons. The second kappa shape index (κ2) is 4.32. The van der Waals surface area contributed by atoms with Crippen molar-refractivity contribution in [2.75, 3.05) is 0 Å². The van der Waals surface area contributed by atoms with Crippen LogP contribution in [0.3, 0.4) is 0 Å². The van der Waals surface area contributed by atoms with Gasteiger partial charge in [0.1, 0.15) is 0 Å². The van der Waals surface area contributed by atoms with Crippen molar-refractivity contribution in [2.24, 2.45) is 7.05 Å². The Balaban J connectivity index is 1.72. The molecule has 6 nitrogen and oxygen atoms in total. The summed E-state index contributed by atoms with van der Waals surface area (Å²) in [6.45, 7) is 0. The van der Waals surface area contributed by atoms with Gasteiger partial charge in [-0.3, -0.25) is 0 Å². The molecule has 2 aliphatic heterocycles. The van der Waals surface area contributed by atoms with Crippen LogP contribution in [0.4, 0.5) is 0 Å². The van der Waals surface area contributed by atoms with Crippen LogP contribution in [0, 0.1) is 0 Å². The molecule has 3 rings (SSSR count). The number of nitrogens with one attached hydrogen (secondary N) is 2. The smallest absolute Gasteiger partial charge is 0.259 e. The maximum Gasteiger partial charge on any atom is 0.259 e. The van der Waals surface area contributed by atoms with Gasteiger partial charge >= 0.3 is 0 Å². The summed E-state index contributed by atoms with van der Waals surface area (Å²) in [5.74, 6) is 0. The van der Waals surface area contributed by atoms with E-state index in [4.69, 9.17) is 0 Å². The van der Waals surface area contributed by atoms with Crippen molar-refractivity contribution in [3.05, 3.63) is 12.5 Å². The molecule has 18 heavy (non-hydrogen) atoms. The molecule has 0 spiro atoms. The monoisotopic (exact) mass is 270 g/mol. The zero-order chi connectivity index (χ0) is 12.8. The molecular weight excluding hydrogens is 252 g/mol. The van der Waals surface area contributed by atoms with Crippen LogP contribution in [0.15, 0.2) is 17.6 Å². The van der Waals surface area contributed by atoms with E-state index in [1.807, 2.05) is 0 Å². The lowest BCUT2D eigenvalue weighted by Crippen LogP contribution is -2.47. The number of hydrogen-bond acceptors (Lipinski definition) is 4. The number of hydrogen-bond donors (Lipinski definition) is 2. The molecule has 0 amide bonds. The van der Waals surface area contributed by atoms with Gasteiger partial charge in [0.2, 0.25) is 0 Å². The fraction of sp³-hybridized carbons (Fsp3) is 0.727. The van der Waals surface area contributed by atoms with Crippen LogP contribution in [-0.2, 0) is 17.1 Å². The molecule has 0 aliphatic carbocycles. The number of aromatic nitrogens is 2. The standard InChI is InChI=1S/C11H18N4O2S/c1-15-6-11(12-7-15)18(16,17)14-10-4-8-2-3-9(5-10)13-8/h6-10,13-14H,2-5H2,1H3. The maximum atomic E-state index is 12.1. The van der Waals surface area contributed by atoms with Crippen molar-refractivity contribution in [3.63, 3.8) is 0 Å². The summed E-state index contributed by atoms with van der Waals surface area (Å²) in [4.78, 5) is 3.90. The Morgan fingerprint density at radius 3 is 2.61 bits per heavy atom. The number of aryl methyl sites for hydroxylation is 1. The van der Waals surface area contributed by atoms with Crippen LogP contribution in [0.5, 0.6) is 0 Å². The summed E-state index contributed by atoms with van der Waals surface area (Å²) >= 11 is 0. The third kappa shape index (κ3) is 2.30. The molecule has 0 saturated carbocycles. The summed E-state index contributed by atoms with van der Waals surface area (Å²) in [6.07, 6.45) is 7.10. The molecule has 2 fully saturated rings. The van der Waals surface area contributed by atoms with E-state index in [2.05, 4.69) is 15.0 Å². The van der Waals surface area contributed by atoms with Crippen LogP contribution < -0.4 is 10.0 Å². The van der Waals surface area contributed by atoms with Crippen molar-refractivity contribution in [3.8, 4) is 0 Å². The third-order valence-corrected chi connectivity index (χ3v) is 5.16. The lowest BCUT2D eigenvalue weighted by Gasteiger charge is -2.29. The van der Waals surface area contributed by atoms with Gasteiger partial charge in [-0.05, 0) is 25.7 Å². The van der Waals surface area contributed by atoms with Gasteiger partial charge in [-0.15, -0.1) is 0 Å². The van der Waals surface area contributed by atoms with E-state index in [9.17, 15) is 8.42 Å². The quantitative estimate of drug-likeness (QED) is 0.809. The van der Waals surface area contributed by atoms with Gasteiger partial charge in [0.25, 0.3) is 10.0 Å². The highest BCUT2D eigenvalue weighted by Gasteiger charge is 2.35. The normalized spacial score (nSPS) is 31.7. The zero-order valence-electron chi connectivity index (χ0n) is 10.3. The number of piperidine rings is 1. The molecule has 2 unspecified atom stereocenters. The number of fused-ring (bicyclic) bond motifs is 2. The SMILES string of the molecule is Cn1cnc(S(=O)(=O)NC2CC3CCC(C2)N3)c1. The predicted molar refractivity (Wildman–Crippen MR) is 66.5 cm³/mol. The second-order valence-electron chi connectivity index (χ2n) is 5.30. The average molecular weight is 270 g/mol. The maximum absolute atomic E-state index is 12.1. The number of imidazole rings is 1. The van der Waals surface area contributed by atoms with Crippen molar-refractivity contribution < 1.29 is 8.42 Å². The Labute approximate surface area is 107 Å². The minimum absolute atomic E-state index is 0.0377. The molecule has 0 aromatic carbocycles. The minimum atomic E-state index is -3.47. The lowest BCUT2D eigenvalue weighted by molar-refractivity contribution is 0.345. The summed E-state index contributed by atoms with van der Waals surface area (Å²) < 4.78 is 28.7. The van der Waals surface area contributed by atoms with Crippen LogP contribution in [0.2, 0.25) is 0 Å². The molecule has 1 aromatic rings. The Hall–Kier alpha value is -0.920. The molecule has 2 atom stereocenters. The topological polar surface area (TPSA) is 76.0 Å². The van der Waals surface area contributed by atoms with Crippen molar-refractivity contribution in [1.82, 2.24) is 19.6 Å². The highest BCUT2D eigenvalue weighted by Crippen LogP contribution is 2.27. The van der Waals surface area contributed by atoms with Gasteiger partial charge in [0.15, 0.2) is 5.03 Å². The molecular formula is C11H18N4O2S. The summed E-state index contributed by atoms with van der Waals surface area (Å²) in [7, 11) is -1.71. The van der Waals surface area contributed by atoms with Crippen molar-refractivity contribution in [2.45, 2.75) is 48.8 Å². The van der Waals surface area contributed by atoms with Crippen LogP contribution >= 0.6 is 0 Å². The van der Waals surface area contributed by atoms with E-state index in [-0.39, 0.29) is 11.1 Å². The Morgan fingerprint density at radius 2 is 2.06 bits per heavy atom. The van der Waals surface area contributed by atoms with E-state index in [0.717, 1.165) is 25.7 Å². The molecule has 2 bridgehead atoms. The van der Waals surface area contributed by atoms with E-state index >= 15 is 0 Å². The first-order valence-corrected chi connectivity index (χ1v) is 7.77. The molecule has 2 saturated heterocycles. The molecule has 1 aromatic heterocycles. The van der Waals surface area contributed by atoms with Crippen molar-refractivity contribution in [1.29, 1.82) is 0 Å². The second-order valence-corrected chi connectivity index (χ2v) is 6.97. The van der Waals surface area contributed by atoms with E-state index < -0.39 is 10.0 Å². The van der Waals surface area contributed by atoms with Gasteiger partial charge in [-0.25, -0.2) is 18.1 Å². The van der Waals surface area contributed by atoms with E-state index in [1.165, 1.54) is 12.5 Å². The molecule has 2 aliphatic rings. The highest BCUT2D eigenvalue weighted by atomic mass is 32.2. The van der Waals surface area contributed by atoms with Crippen LogP contribution in [-0.4, -0.2) is 36.1 Å². The number of nitrogens with zero attached hydrogens (tertiary/aromatic N) is 2. The first-order valence-electron chi connectivity index (χ1n) is 6.29. The summed E-state index contributed by atoms with van der Waals surface area (Å²) in [6, 6.07) is 0.983. The number of rotatable bonds is 3. The van der Waals surface area contributed by atoms with Crippen LogP contribution in [0.1, 0.15) is 25.7 Å². The van der Waals surface area contributed by atoms with E-state index in [1.54, 1.807) is 11.6 Å². The summed E-state index contributed by atoms with van der Waals surface area (Å²) in [5, 5.41) is 3.60. The van der Waals surface area contributed by atoms with Crippen LogP contribution in [0.25, 0.3) is 0 Å². The first-order chi connectivity index (χ1) is 8.53. The fourth-order valence-electron chi connectivity index (χ4n) is 2.96. The Morgan fingerprint density at radius 1 is 1.39 bits per heavy atom. The lowest BCUT2D eigenvalue weighted by atomic mass is 10.0. The van der Waals surface area contributed by atoms with Gasteiger partial charge in [0.05, 0.1) is 6.33 Å². The Bertz CT molecular complexity index is 527. The van der Waals surface area contributed by atoms with Crippen molar-refractivity contribution >= 4 is 10.0 Å². The molecule has 7 heteroatoms. The average Bonchev–Trinajstić information content (AvgIpc) is 2.85. The van der Waals surface area contributed by atoms with Gasteiger partial charge < -0.3 is 9.88 Å². The molecule has 3 heterocycles. The molecule has 2 N–H and O–H groups in total. The Kier molecular flexibility index (Phi) is 2.91. The minimum Gasteiger partial charge on any atom is -0.339 e. The largest absolute Gasteiger partial charge is 0.339 e. The first kappa shape index (κ1) is 12.1. The third-order valence-electron chi connectivity index (χ3n) is 3.75. The summed E-state index contributed by atoms with van der Waals surface area (Å²) in [5.41, 5.74) is 0. The van der Waals surface area contributed by atoms with Gasteiger partial charge in [0, 0.05) is 31.4 Å². The predicted octanol–water partition coefficient (Wildman–Crippen LogP) is -0.0186. The number of sulfonamides is 1. The molecule has 100 valence electrons.